The monoisotopic (exact) mass is 288 g/mol. The predicted molar refractivity (Wildman–Crippen MR) is 84.6 cm³/mol. The van der Waals surface area contributed by atoms with E-state index in [-0.39, 0.29) is 17.9 Å². The van der Waals surface area contributed by atoms with E-state index in [9.17, 15) is 9.90 Å². The van der Waals surface area contributed by atoms with E-state index in [1.54, 1.807) is 0 Å². The van der Waals surface area contributed by atoms with Gasteiger partial charge in [-0.1, -0.05) is 0 Å². The molecule has 1 aromatic carbocycles. The van der Waals surface area contributed by atoms with Crippen molar-refractivity contribution >= 4 is 17.3 Å². The Morgan fingerprint density at radius 3 is 2.81 bits per heavy atom. The molecule has 0 bridgehead atoms. The highest BCUT2D eigenvalue weighted by Gasteiger charge is 2.25. The molecule has 1 amide bonds. The minimum Gasteiger partial charge on any atom is -0.393 e. The van der Waals surface area contributed by atoms with Crippen molar-refractivity contribution in [1.29, 1.82) is 0 Å². The topological polar surface area (TPSA) is 52.6 Å². The maximum Gasteiger partial charge on any atom is 0.227 e. The Balaban J connectivity index is 1.66. The van der Waals surface area contributed by atoms with Crippen LogP contribution in [0, 0.1) is 5.92 Å². The van der Waals surface area contributed by atoms with Gasteiger partial charge in [0.05, 0.1) is 6.10 Å². The Morgan fingerprint density at radius 1 is 1.29 bits per heavy atom. The lowest BCUT2D eigenvalue weighted by Gasteiger charge is -2.28. The van der Waals surface area contributed by atoms with Crippen LogP contribution >= 0.6 is 0 Å². The molecule has 1 saturated carbocycles. The van der Waals surface area contributed by atoms with Crippen molar-refractivity contribution < 1.29 is 9.90 Å². The van der Waals surface area contributed by atoms with E-state index in [0.717, 1.165) is 44.3 Å². The highest BCUT2D eigenvalue weighted by molar-refractivity contribution is 5.93. The lowest BCUT2D eigenvalue weighted by atomic mass is 9.87. The van der Waals surface area contributed by atoms with Gasteiger partial charge in [-0.3, -0.25) is 4.79 Å². The number of amides is 1. The molecule has 21 heavy (non-hydrogen) atoms. The van der Waals surface area contributed by atoms with E-state index in [4.69, 9.17) is 0 Å². The highest BCUT2D eigenvalue weighted by Crippen LogP contribution is 2.30. The molecule has 4 nitrogen and oxygen atoms in total. The van der Waals surface area contributed by atoms with Gasteiger partial charge in [-0.05, 0) is 62.3 Å². The summed E-state index contributed by atoms with van der Waals surface area (Å²) in [6.07, 6.45) is 5.11. The third kappa shape index (κ3) is 3.21. The molecule has 114 valence electrons. The number of aryl methyl sites for hydroxylation is 1. The van der Waals surface area contributed by atoms with Gasteiger partial charge < -0.3 is 15.3 Å². The molecule has 2 N–H and O–H groups in total. The number of anilines is 2. The summed E-state index contributed by atoms with van der Waals surface area (Å²) in [6, 6.07) is 6.21. The fourth-order valence-electron chi connectivity index (χ4n) is 3.45. The minimum atomic E-state index is -0.215. The Labute approximate surface area is 126 Å². The van der Waals surface area contributed by atoms with Gasteiger partial charge in [0, 0.05) is 30.9 Å². The molecule has 0 unspecified atom stereocenters. The zero-order valence-electron chi connectivity index (χ0n) is 12.6. The first-order valence-electron chi connectivity index (χ1n) is 7.96. The van der Waals surface area contributed by atoms with E-state index in [0.29, 0.717) is 0 Å². The van der Waals surface area contributed by atoms with Crippen molar-refractivity contribution in [3.8, 4) is 0 Å². The van der Waals surface area contributed by atoms with Crippen LogP contribution in [0.25, 0.3) is 0 Å². The summed E-state index contributed by atoms with van der Waals surface area (Å²) in [7, 11) is 2.11. The maximum absolute atomic E-state index is 12.3. The van der Waals surface area contributed by atoms with Crippen LogP contribution in [0.3, 0.4) is 0 Å². The highest BCUT2D eigenvalue weighted by atomic mass is 16.3. The average Bonchev–Trinajstić information content (AvgIpc) is 2.48. The number of hydrogen-bond acceptors (Lipinski definition) is 3. The quantitative estimate of drug-likeness (QED) is 0.879. The van der Waals surface area contributed by atoms with Crippen molar-refractivity contribution in [3.05, 3.63) is 23.8 Å². The van der Waals surface area contributed by atoms with Crippen molar-refractivity contribution in [2.24, 2.45) is 5.92 Å². The fourth-order valence-corrected chi connectivity index (χ4v) is 3.45. The van der Waals surface area contributed by atoms with Gasteiger partial charge in [0.1, 0.15) is 0 Å². The predicted octanol–water partition coefficient (Wildman–Crippen LogP) is 2.56. The van der Waals surface area contributed by atoms with E-state index >= 15 is 0 Å². The molecular weight excluding hydrogens is 264 g/mol. The first-order valence-corrected chi connectivity index (χ1v) is 7.96. The summed E-state index contributed by atoms with van der Waals surface area (Å²) in [6.45, 7) is 1.10. The first kappa shape index (κ1) is 14.4. The van der Waals surface area contributed by atoms with Gasteiger partial charge in [0.2, 0.25) is 5.91 Å². The Kier molecular flexibility index (Phi) is 4.15. The standard InChI is InChI=1S/C17H24N2O2/c1-19-10-2-3-13-11-14(6-9-16(13)19)18-17(21)12-4-7-15(20)8-5-12/h6,9,11-12,15,20H,2-5,7-8,10H2,1H3,(H,18,21). The van der Waals surface area contributed by atoms with Crippen LogP contribution in [0.1, 0.15) is 37.7 Å². The van der Waals surface area contributed by atoms with Gasteiger partial charge in [-0.2, -0.15) is 0 Å². The van der Waals surface area contributed by atoms with Gasteiger partial charge in [-0.25, -0.2) is 0 Å². The number of aliphatic hydroxyl groups excluding tert-OH is 1. The zero-order chi connectivity index (χ0) is 14.8. The normalized spacial score (nSPS) is 25.3. The average molecular weight is 288 g/mol. The summed E-state index contributed by atoms with van der Waals surface area (Å²) in [4.78, 5) is 14.6. The van der Waals surface area contributed by atoms with Gasteiger partial charge in [0.15, 0.2) is 0 Å². The molecule has 4 heteroatoms. The van der Waals surface area contributed by atoms with Gasteiger partial charge >= 0.3 is 0 Å². The van der Waals surface area contributed by atoms with E-state index < -0.39 is 0 Å². The number of rotatable bonds is 2. The molecule has 0 saturated heterocycles. The summed E-state index contributed by atoms with van der Waals surface area (Å²) in [5, 5.41) is 12.6. The number of fused-ring (bicyclic) bond motifs is 1. The third-order valence-electron chi connectivity index (χ3n) is 4.77. The number of nitrogens with zero attached hydrogens (tertiary/aromatic N) is 1. The van der Waals surface area contributed by atoms with Gasteiger partial charge in [-0.15, -0.1) is 0 Å². The molecule has 1 aromatic rings. The molecule has 0 spiro atoms. The fraction of sp³-hybridized carbons (Fsp3) is 0.588. The summed E-state index contributed by atoms with van der Waals surface area (Å²) in [5.41, 5.74) is 3.50. The lowest BCUT2D eigenvalue weighted by Crippen LogP contribution is -2.29. The molecule has 0 aromatic heterocycles. The molecule has 3 rings (SSSR count). The van der Waals surface area contributed by atoms with E-state index in [2.05, 4.69) is 29.4 Å². The molecule has 1 heterocycles. The first-order chi connectivity index (χ1) is 10.1. The number of hydrogen-bond donors (Lipinski definition) is 2. The van der Waals surface area contributed by atoms with Crippen LogP contribution in [0.5, 0.6) is 0 Å². The second-order valence-electron chi connectivity index (χ2n) is 6.36. The van der Waals surface area contributed by atoms with Gasteiger partial charge in [0.25, 0.3) is 0 Å². The third-order valence-corrected chi connectivity index (χ3v) is 4.77. The molecule has 1 aliphatic heterocycles. The second-order valence-corrected chi connectivity index (χ2v) is 6.36. The zero-order valence-corrected chi connectivity index (χ0v) is 12.6. The largest absolute Gasteiger partial charge is 0.393 e. The number of carbonyl (C=O) groups excluding carboxylic acids is 1. The summed E-state index contributed by atoms with van der Waals surface area (Å²) in [5.74, 6) is 0.151. The van der Waals surface area contributed by atoms with Crippen LogP contribution in [0.4, 0.5) is 11.4 Å². The maximum atomic E-state index is 12.3. The van der Waals surface area contributed by atoms with Crippen LogP contribution < -0.4 is 10.2 Å². The van der Waals surface area contributed by atoms with Crippen LogP contribution in [-0.4, -0.2) is 30.7 Å². The Bertz CT molecular complexity index is 522. The molecule has 0 radical (unpaired) electrons. The van der Waals surface area contributed by atoms with Crippen LogP contribution in [0.2, 0.25) is 0 Å². The SMILES string of the molecule is CN1CCCc2cc(NC(=O)C3CCC(O)CC3)ccc21. The smallest absolute Gasteiger partial charge is 0.227 e. The van der Waals surface area contributed by atoms with Crippen molar-refractivity contribution in [1.82, 2.24) is 0 Å². The lowest BCUT2D eigenvalue weighted by molar-refractivity contribution is -0.121. The molecular formula is C17H24N2O2. The van der Waals surface area contributed by atoms with Crippen molar-refractivity contribution in [2.75, 3.05) is 23.8 Å². The van der Waals surface area contributed by atoms with Crippen LogP contribution in [-0.2, 0) is 11.2 Å². The number of nitrogens with one attached hydrogen (secondary N) is 1. The van der Waals surface area contributed by atoms with E-state index in [1.807, 2.05) is 6.07 Å². The molecule has 1 fully saturated rings. The minimum absolute atomic E-state index is 0.0482. The molecule has 1 aliphatic carbocycles. The second kappa shape index (κ2) is 6.06. The van der Waals surface area contributed by atoms with Crippen molar-refractivity contribution in [2.45, 2.75) is 44.6 Å². The summed E-state index contributed by atoms with van der Waals surface area (Å²) >= 11 is 0. The number of carbonyl (C=O) groups is 1. The number of aliphatic hydroxyl groups is 1. The summed E-state index contributed by atoms with van der Waals surface area (Å²) < 4.78 is 0. The Hall–Kier alpha value is -1.55. The van der Waals surface area contributed by atoms with Crippen LogP contribution in [0.15, 0.2) is 18.2 Å². The van der Waals surface area contributed by atoms with Crippen molar-refractivity contribution in [3.63, 3.8) is 0 Å². The number of benzene rings is 1. The van der Waals surface area contributed by atoms with E-state index in [1.165, 1.54) is 17.7 Å². The molecule has 2 aliphatic rings. The Morgan fingerprint density at radius 2 is 2.05 bits per heavy atom. The molecule has 0 atom stereocenters.